The molecule has 3 aliphatic rings. The van der Waals surface area contributed by atoms with E-state index in [1.54, 1.807) is 12.1 Å². The van der Waals surface area contributed by atoms with Gasteiger partial charge >= 0.3 is 6.09 Å². The molecule has 51 heavy (non-hydrogen) atoms. The fourth-order valence-electron chi connectivity index (χ4n) is 6.69. The fraction of sp³-hybridized carbons (Fsp3) is 0.368. The number of alkyl carbamates (subject to hydrolysis) is 1. The van der Waals surface area contributed by atoms with Crippen molar-refractivity contribution in [3.8, 4) is 11.1 Å². The van der Waals surface area contributed by atoms with E-state index in [0.717, 1.165) is 28.9 Å². The molecule has 0 radical (unpaired) electrons. The highest BCUT2D eigenvalue weighted by molar-refractivity contribution is 6.26. The van der Waals surface area contributed by atoms with Crippen molar-refractivity contribution in [2.75, 3.05) is 44.9 Å². The van der Waals surface area contributed by atoms with Crippen LogP contribution in [-0.4, -0.2) is 86.2 Å². The summed E-state index contributed by atoms with van der Waals surface area (Å²) in [5, 5.41) is 7.62. The normalized spacial score (nSPS) is 16.4. The number of carbonyl (C=O) groups excluding carboxylic acids is 6. The van der Waals surface area contributed by atoms with Gasteiger partial charge in [0.1, 0.15) is 12.6 Å². The molecule has 3 aromatic carbocycles. The second-order valence-corrected chi connectivity index (χ2v) is 12.5. The van der Waals surface area contributed by atoms with Crippen molar-refractivity contribution in [3.05, 3.63) is 89.0 Å². The van der Waals surface area contributed by atoms with Gasteiger partial charge in [-0.1, -0.05) is 61.0 Å². The van der Waals surface area contributed by atoms with Crippen molar-refractivity contribution < 1.29 is 43.0 Å². The van der Waals surface area contributed by atoms with Crippen molar-refractivity contribution in [1.82, 2.24) is 15.5 Å². The molecular formula is C38H40N4O9. The van der Waals surface area contributed by atoms with Gasteiger partial charge in [0.25, 0.3) is 11.8 Å². The molecule has 1 atom stereocenters. The minimum Gasteiger partial charge on any atom is -0.449 e. The smallest absolute Gasteiger partial charge is 0.407 e. The third-order valence-electron chi connectivity index (χ3n) is 9.17. The van der Waals surface area contributed by atoms with Gasteiger partial charge in [0.05, 0.1) is 36.6 Å². The minimum atomic E-state index is -1.08. The average Bonchev–Trinajstić information content (AvgIpc) is 3.58. The van der Waals surface area contributed by atoms with Gasteiger partial charge in [0.15, 0.2) is 0 Å². The first-order valence-electron chi connectivity index (χ1n) is 17.2. The van der Waals surface area contributed by atoms with Gasteiger partial charge < -0.3 is 24.8 Å². The lowest BCUT2D eigenvalue weighted by Crippen LogP contribution is -2.54. The van der Waals surface area contributed by atoms with Crippen LogP contribution in [0, 0.1) is 0 Å². The number of piperidine rings is 1. The molecule has 0 bridgehead atoms. The summed E-state index contributed by atoms with van der Waals surface area (Å²) < 4.78 is 16.7. The number of rotatable bonds is 16. The van der Waals surface area contributed by atoms with Gasteiger partial charge in [0, 0.05) is 31.9 Å². The van der Waals surface area contributed by atoms with Crippen molar-refractivity contribution >= 4 is 41.3 Å². The number of anilines is 1. The van der Waals surface area contributed by atoms with Crippen molar-refractivity contribution in [2.24, 2.45) is 0 Å². The van der Waals surface area contributed by atoms with Gasteiger partial charge in [-0.05, 0) is 53.6 Å². The highest BCUT2D eigenvalue weighted by Crippen LogP contribution is 2.44. The van der Waals surface area contributed by atoms with Crippen molar-refractivity contribution in [1.29, 1.82) is 0 Å². The number of hydrogen-bond acceptors (Lipinski definition) is 9. The van der Waals surface area contributed by atoms with E-state index in [1.165, 1.54) is 17.2 Å². The lowest BCUT2D eigenvalue weighted by molar-refractivity contribution is -0.136. The van der Waals surface area contributed by atoms with Crippen molar-refractivity contribution in [3.63, 3.8) is 0 Å². The van der Waals surface area contributed by atoms with Crippen LogP contribution in [0.3, 0.4) is 0 Å². The zero-order valence-electron chi connectivity index (χ0n) is 28.1. The third kappa shape index (κ3) is 8.16. The summed E-state index contributed by atoms with van der Waals surface area (Å²) in [6, 6.07) is 19.9. The first-order chi connectivity index (χ1) is 24.8. The molecule has 13 nitrogen and oxygen atoms in total. The summed E-state index contributed by atoms with van der Waals surface area (Å²) in [5.74, 6) is -2.74. The van der Waals surface area contributed by atoms with Crippen LogP contribution in [0.2, 0.25) is 0 Å². The molecule has 2 heterocycles. The highest BCUT2D eigenvalue weighted by Gasteiger charge is 2.45. The predicted octanol–water partition coefficient (Wildman–Crippen LogP) is 4.16. The molecule has 6 amide bonds. The Bertz CT molecular complexity index is 1780. The van der Waals surface area contributed by atoms with Crippen LogP contribution in [-0.2, 0) is 28.6 Å². The zero-order valence-corrected chi connectivity index (χ0v) is 28.1. The number of fused-ring (bicyclic) bond motifs is 4. The van der Waals surface area contributed by atoms with E-state index in [9.17, 15) is 28.8 Å². The molecule has 3 aromatic rings. The number of benzene rings is 3. The van der Waals surface area contributed by atoms with E-state index < -0.39 is 35.8 Å². The maximum atomic E-state index is 13.2. The van der Waals surface area contributed by atoms with Crippen molar-refractivity contribution in [2.45, 2.75) is 50.5 Å². The minimum absolute atomic E-state index is 0.00508. The predicted molar refractivity (Wildman–Crippen MR) is 185 cm³/mol. The SMILES string of the molecule is O=C1CCC(N2C(=O)c3cccc(NC(=O)CCCCCOCCOCCNC(=O)OCC4c5ccccc5-c5ccccc54)c3C2=O)C(=O)N1. The zero-order chi connectivity index (χ0) is 35.7. The second kappa shape index (κ2) is 16.5. The summed E-state index contributed by atoms with van der Waals surface area (Å²) in [5.41, 5.74) is 5.04. The van der Waals surface area contributed by atoms with Gasteiger partial charge in [0.2, 0.25) is 17.7 Å². The van der Waals surface area contributed by atoms with E-state index in [-0.39, 0.29) is 54.5 Å². The Morgan fingerprint density at radius 3 is 2.18 bits per heavy atom. The van der Waals surface area contributed by atoms with Gasteiger partial charge in [-0.15, -0.1) is 0 Å². The maximum absolute atomic E-state index is 13.2. The maximum Gasteiger partial charge on any atom is 0.407 e. The van der Waals surface area contributed by atoms with Crippen LogP contribution in [0.25, 0.3) is 11.1 Å². The molecular weight excluding hydrogens is 656 g/mol. The molecule has 1 fully saturated rings. The monoisotopic (exact) mass is 696 g/mol. The molecule has 2 aliphatic heterocycles. The Kier molecular flexibility index (Phi) is 11.5. The van der Waals surface area contributed by atoms with Crippen LogP contribution in [0.4, 0.5) is 10.5 Å². The lowest BCUT2D eigenvalue weighted by Gasteiger charge is -2.27. The number of carbonyl (C=O) groups is 6. The Labute approximate surface area is 295 Å². The molecule has 266 valence electrons. The largest absolute Gasteiger partial charge is 0.449 e. The van der Waals surface area contributed by atoms with Gasteiger partial charge in [-0.3, -0.25) is 34.2 Å². The summed E-state index contributed by atoms with van der Waals surface area (Å²) in [6.07, 6.45) is 1.88. The lowest BCUT2D eigenvalue weighted by atomic mass is 9.98. The number of amides is 6. The number of imide groups is 2. The van der Waals surface area contributed by atoms with E-state index in [0.29, 0.717) is 39.4 Å². The quantitative estimate of drug-likeness (QED) is 0.147. The Morgan fingerprint density at radius 2 is 1.45 bits per heavy atom. The average molecular weight is 697 g/mol. The summed E-state index contributed by atoms with van der Waals surface area (Å²) in [7, 11) is 0. The van der Waals surface area contributed by atoms with Gasteiger partial charge in [-0.2, -0.15) is 0 Å². The number of unbranched alkanes of at least 4 members (excludes halogenated alkanes) is 2. The van der Waals surface area contributed by atoms with Crippen LogP contribution in [0.1, 0.15) is 76.3 Å². The number of hydrogen-bond donors (Lipinski definition) is 3. The molecule has 0 aromatic heterocycles. The first kappa shape index (κ1) is 35.4. The Balaban J connectivity index is 0.800. The summed E-state index contributed by atoms with van der Waals surface area (Å²) >= 11 is 0. The second-order valence-electron chi connectivity index (χ2n) is 12.5. The highest BCUT2D eigenvalue weighted by atomic mass is 16.6. The van der Waals surface area contributed by atoms with Gasteiger partial charge in [-0.25, -0.2) is 4.79 Å². The molecule has 6 rings (SSSR count). The first-order valence-corrected chi connectivity index (χ1v) is 17.2. The van der Waals surface area contributed by atoms with Crippen LogP contribution < -0.4 is 16.0 Å². The molecule has 0 saturated carbocycles. The molecule has 1 aliphatic carbocycles. The molecule has 3 N–H and O–H groups in total. The Morgan fingerprint density at radius 1 is 0.765 bits per heavy atom. The van der Waals surface area contributed by atoms with E-state index in [4.69, 9.17) is 14.2 Å². The van der Waals surface area contributed by atoms with E-state index in [2.05, 4.69) is 40.2 Å². The standard InChI is InChI=1S/C38H40N4O9/c43-32(40-30-14-8-13-28-34(30)37(47)42(36(28)46)31-16-17-33(44)41-35(31)45)15-2-1-7-19-49-21-22-50-20-18-39-38(48)51-23-29-26-11-5-3-9-24(26)25-10-4-6-12-27(25)29/h3-6,8-14,29,31H,1-2,7,15-23H2,(H,39,48)(H,40,43)(H,41,44,45). The molecule has 1 saturated heterocycles. The number of nitrogens with zero attached hydrogens (tertiary/aromatic N) is 1. The summed E-state index contributed by atoms with van der Waals surface area (Å²) in [6.45, 7) is 2.16. The van der Waals surface area contributed by atoms with Crippen LogP contribution in [0.15, 0.2) is 66.7 Å². The molecule has 13 heteroatoms. The number of ether oxygens (including phenoxy) is 3. The molecule has 0 spiro atoms. The fourth-order valence-corrected chi connectivity index (χ4v) is 6.69. The van der Waals surface area contributed by atoms with E-state index >= 15 is 0 Å². The topological polar surface area (TPSA) is 169 Å². The van der Waals surface area contributed by atoms with E-state index in [1.807, 2.05) is 24.3 Å². The number of nitrogens with one attached hydrogen (secondary N) is 3. The summed E-state index contributed by atoms with van der Waals surface area (Å²) in [4.78, 5) is 75.8. The Hall–Kier alpha value is -5.40. The molecule has 1 unspecified atom stereocenters. The van der Waals surface area contributed by atoms with Crippen LogP contribution in [0.5, 0.6) is 0 Å². The van der Waals surface area contributed by atoms with Crippen LogP contribution >= 0.6 is 0 Å². The third-order valence-corrected chi connectivity index (χ3v) is 9.17.